The highest BCUT2D eigenvalue weighted by atomic mass is 16.5. The average molecular weight is 179 g/mol. The van der Waals surface area contributed by atoms with Gasteiger partial charge in [0.25, 0.3) is 0 Å². The second kappa shape index (κ2) is 5.27. The summed E-state index contributed by atoms with van der Waals surface area (Å²) in [5, 5.41) is 0. The quantitative estimate of drug-likeness (QED) is 0.538. The Hall–Kier alpha value is -1.42. The summed E-state index contributed by atoms with van der Waals surface area (Å²) in [6, 6.07) is 0. The summed E-state index contributed by atoms with van der Waals surface area (Å²) in [5.74, 6) is 0.518. The second-order valence-electron chi connectivity index (χ2n) is 2.48. The fourth-order valence-electron chi connectivity index (χ4n) is 0.801. The molecule has 4 heteroatoms. The van der Waals surface area contributed by atoms with Crippen LogP contribution in [0.5, 0.6) is 5.88 Å². The molecule has 13 heavy (non-hydrogen) atoms. The molecule has 0 bridgehead atoms. The molecule has 0 amide bonds. The zero-order chi connectivity index (χ0) is 9.52. The third-order valence-corrected chi connectivity index (χ3v) is 1.44. The summed E-state index contributed by atoms with van der Waals surface area (Å²) in [4.78, 5) is 8.06. The fraction of sp³-hybridized carbons (Fsp3) is 0.333. The second-order valence-corrected chi connectivity index (χ2v) is 2.48. The number of nitrogens with two attached hydrogens (primary N) is 1. The number of rotatable bonds is 5. The van der Waals surface area contributed by atoms with Crippen molar-refractivity contribution < 1.29 is 4.74 Å². The van der Waals surface area contributed by atoms with Gasteiger partial charge in [0.05, 0.1) is 18.5 Å². The van der Waals surface area contributed by atoms with Gasteiger partial charge in [0.15, 0.2) is 0 Å². The first-order valence-electron chi connectivity index (χ1n) is 4.11. The summed E-state index contributed by atoms with van der Waals surface area (Å²) in [5.41, 5.74) is 6.13. The van der Waals surface area contributed by atoms with E-state index in [1.807, 2.05) is 0 Å². The first-order valence-corrected chi connectivity index (χ1v) is 4.11. The lowest BCUT2D eigenvalue weighted by atomic mass is 10.4. The van der Waals surface area contributed by atoms with Crippen molar-refractivity contribution in [3.8, 4) is 5.88 Å². The molecule has 70 valence electrons. The molecular weight excluding hydrogens is 166 g/mol. The molecule has 0 unspecified atom stereocenters. The van der Waals surface area contributed by atoms with Gasteiger partial charge in [-0.3, -0.25) is 4.98 Å². The predicted molar refractivity (Wildman–Crippen MR) is 50.2 cm³/mol. The molecule has 0 radical (unpaired) electrons. The topological polar surface area (TPSA) is 61.0 Å². The predicted octanol–water partition coefficient (Wildman–Crippen LogP) is 0.890. The SMILES string of the molecule is C=CCCOc1cncc(CN)n1. The normalized spacial score (nSPS) is 9.62. The van der Waals surface area contributed by atoms with Crippen LogP contribution in [0.25, 0.3) is 0 Å². The summed E-state index contributed by atoms with van der Waals surface area (Å²) in [6.45, 7) is 4.55. The number of aromatic nitrogens is 2. The van der Waals surface area contributed by atoms with E-state index in [4.69, 9.17) is 10.5 Å². The molecule has 0 saturated heterocycles. The third-order valence-electron chi connectivity index (χ3n) is 1.44. The minimum atomic E-state index is 0.381. The molecule has 0 atom stereocenters. The van der Waals surface area contributed by atoms with E-state index in [1.165, 1.54) is 0 Å². The molecule has 0 aliphatic rings. The van der Waals surface area contributed by atoms with Gasteiger partial charge in [-0.2, -0.15) is 0 Å². The number of nitrogens with zero attached hydrogens (tertiary/aromatic N) is 2. The van der Waals surface area contributed by atoms with Crippen LogP contribution < -0.4 is 10.5 Å². The van der Waals surface area contributed by atoms with E-state index in [1.54, 1.807) is 18.5 Å². The Bertz CT molecular complexity index is 275. The van der Waals surface area contributed by atoms with Gasteiger partial charge in [-0.1, -0.05) is 6.08 Å². The molecule has 2 N–H and O–H groups in total. The monoisotopic (exact) mass is 179 g/mol. The minimum Gasteiger partial charge on any atom is -0.476 e. The number of ether oxygens (including phenoxy) is 1. The van der Waals surface area contributed by atoms with Crippen molar-refractivity contribution in [1.29, 1.82) is 0 Å². The minimum absolute atomic E-state index is 0.381. The van der Waals surface area contributed by atoms with E-state index in [2.05, 4.69) is 16.5 Å². The van der Waals surface area contributed by atoms with Crippen LogP contribution in [0.4, 0.5) is 0 Å². The van der Waals surface area contributed by atoms with Gasteiger partial charge >= 0.3 is 0 Å². The van der Waals surface area contributed by atoms with Gasteiger partial charge in [-0.15, -0.1) is 6.58 Å². The Balaban J connectivity index is 2.50. The van der Waals surface area contributed by atoms with Gasteiger partial charge in [-0.25, -0.2) is 4.98 Å². The first kappa shape index (κ1) is 9.67. The Labute approximate surface area is 77.5 Å². The van der Waals surface area contributed by atoms with Gasteiger partial charge in [0.2, 0.25) is 5.88 Å². The first-order chi connectivity index (χ1) is 6.36. The Kier molecular flexibility index (Phi) is 3.92. The van der Waals surface area contributed by atoms with E-state index >= 15 is 0 Å². The molecule has 0 spiro atoms. The van der Waals surface area contributed by atoms with Crippen molar-refractivity contribution in [2.45, 2.75) is 13.0 Å². The maximum atomic E-state index is 5.40. The molecule has 0 fully saturated rings. The highest BCUT2D eigenvalue weighted by Gasteiger charge is 1.96. The molecule has 1 aromatic rings. The van der Waals surface area contributed by atoms with Crippen LogP contribution in [0.3, 0.4) is 0 Å². The summed E-state index contributed by atoms with van der Waals surface area (Å²) < 4.78 is 5.29. The van der Waals surface area contributed by atoms with Gasteiger partial charge < -0.3 is 10.5 Å². The van der Waals surface area contributed by atoms with Crippen LogP contribution in [0, 0.1) is 0 Å². The summed E-state index contributed by atoms with van der Waals surface area (Å²) in [7, 11) is 0. The van der Waals surface area contributed by atoms with Crippen molar-refractivity contribution in [2.75, 3.05) is 6.61 Å². The maximum absolute atomic E-state index is 5.40. The molecule has 0 saturated carbocycles. The van der Waals surface area contributed by atoms with Crippen molar-refractivity contribution >= 4 is 0 Å². The van der Waals surface area contributed by atoms with E-state index in [-0.39, 0.29) is 0 Å². The zero-order valence-electron chi connectivity index (χ0n) is 7.44. The fourth-order valence-corrected chi connectivity index (χ4v) is 0.801. The Morgan fingerprint density at radius 3 is 3.08 bits per heavy atom. The molecule has 0 aliphatic heterocycles. The zero-order valence-corrected chi connectivity index (χ0v) is 7.44. The molecular formula is C9H13N3O. The standard InChI is InChI=1S/C9H13N3O/c1-2-3-4-13-9-7-11-6-8(5-10)12-9/h2,6-7H,1,3-5,10H2. The lowest BCUT2D eigenvalue weighted by Gasteiger charge is -2.03. The van der Waals surface area contributed by atoms with Crippen LogP contribution in [0.1, 0.15) is 12.1 Å². The van der Waals surface area contributed by atoms with Crippen LogP contribution in [0.15, 0.2) is 25.0 Å². The molecule has 0 aromatic carbocycles. The molecule has 1 heterocycles. The van der Waals surface area contributed by atoms with Gasteiger partial charge in [0.1, 0.15) is 0 Å². The average Bonchev–Trinajstić information content (AvgIpc) is 2.19. The van der Waals surface area contributed by atoms with Crippen molar-refractivity contribution in [3.63, 3.8) is 0 Å². The smallest absolute Gasteiger partial charge is 0.232 e. The van der Waals surface area contributed by atoms with Crippen LogP contribution in [-0.2, 0) is 6.54 Å². The van der Waals surface area contributed by atoms with Crippen molar-refractivity contribution in [1.82, 2.24) is 9.97 Å². The van der Waals surface area contributed by atoms with Crippen molar-refractivity contribution in [2.24, 2.45) is 5.73 Å². The summed E-state index contributed by atoms with van der Waals surface area (Å²) >= 11 is 0. The van der Waals surface area contributed by atoms with Crippen molar-refractivity contribution in [3.05, 3.63) is 30.7 Å². The van der Waals surface area contributed by atoms with E-state index in [0.717, 1.165) is 12.1 Å². The largest absolute Gasteiger partial charge is 0.476 e. The third kappa shape index (κ3) is 3.21. The molecule has 1 aromatic heterocycles. The maximum Gasteiger partial charge on any atom is 0.232 e. The lowest BCUT2D eigenvalue weighted by molar-refractivity contribution is 0.310. The molecule has 4 nitrogen and oxygen atoms in total. The lowest BCUT2D eigenvalue weighted by Crippen LogP contribution is -2.04. The van der Waals surface area contributed by atoms with Crippen LogP contribution in [-0.4, -0.2) is 16.6 Å². The number of hydrogen-bond donors (Lipinski definition) is 1. The van der Waals surface area contributed by atoms with E-state index < -0.39 is 0 Å². The molecule has 0 aliphatic carbocycles. The number of hydrogen-bond acceptors (Lipinski definition) is 4. The van der Waals surface area contributed by atoms with Gasteiger partial charge in [-0.05, 0) is 6.42 Å². The highest BCUT2D eigenvalue weighted by Crippen LogP contribution is 2.04. The molecule has 1 rings (SSSR count). The highest BCUT2D eigenvalue weighted by molar-refractivity contribution is 5.07. The Morgan fingerprint density at radius 2 is 2.38 bits per heavy atom. The Morgan fingerprint density at radius 1 is 1.54 bits per heavy atom. The van der Waals surface area contributed by atoms with E-state index in [0.29, 0.717) is 19.0 Å². The van der Waals surface area contributed by atoms with Crippen LogP contribution in [0.2, 0.25) is 0 Å². The van der Waals surface area contributed by atoms with Gasteiger partial charge in [0, 0.05) is 12.7 Å². The van der Waals surface area contributed by atoms with Crippen LogP contribution >= 0.6 is 0 Å². The van der Waals surface area contributed by atoms with E-state index in [9.17, 15) is 0 Å². The summed E-state index contributed by atoms with van der Waals surface area (Å²) in [6.07, 6.45) is 5.79.